The van der Waals surface area contributed by atoms with Crippen molar-refractivity contribution >= 4 is 87.7 Å². The molecule has 0 aliphatic heterocycles. The van der Waals surface area contributed by atoms with Crippen molar-refractivity contribution in [3.8, 4) is 0 Å². The zero-order valence-electron chi connectivity index (χ0n) is 1.12. The normalized spacial score (nSPS) is 1.00. The van der Waals surface area contributed by atoms with Gasteiger partial charge in [0.25, 0.3) is 0 Å². The first-order valence-electron chi connectivity index (χ1n) is 0.289. The van der Waals surface area contributed by atoms with Crippen LogP contribution in [0.5, 0.6) is 0 Å². The van der Waals surface area contributed by atoms with Crippen LogP contribution in [-0.2, 0) is 4.79 Å². The number of rotatable bonds is 0. The summed E-state index contributed by atoms with van der Waals surface area (Å²) in [7, 11) is 0. The molecule has 4 heavy (non-hydrogen) atoms. The Hall–Kier alpha value is 2.31. The second-order valence-electron chi connectivity index (χ2n) is 0. The quantitative estimate of drug-likeness (QED) is 0.334. The average Bonchev–Trinajstić information content (AvgIpc) is 1.00. The molecule has 0 aliphatic carbocycles. The Balaban J connectivity index is -0.00000000500. The first-order valence-corrected chi connectivity index (χ1v) is 0.289. The van der Waals surface area contributed by atoms with Gasteiger partial charge in [-0.25, -0.2) is 0 Å². The standard InChI is InChI=1S/CH2O.K.Na.2H/c1-2;;;;/h1H2;;;;. The fraction of sp³-hybridized carbons (Fsp3) is 0. The molecule has 0 unspecified atom stereocenters. The van der Waals surface area contributed by atoms with Gasteiger partial charge in [-0.05, 0) is 0 Å². The summed E-state index contributed by atoms with van der Waals surface area (Å²) < 4.78 is 0. The van der Waals surface area contributed by atoms with Gasteiger partial charge in [-0.1, -0.05) is 0 Å². The van der Waals surface area contributed by atoms with Crippen molar-refractivity contribution in [3.05, 3.63) is 0 Å². The summed E-state index contributed by atoms with van der Waals surface area (Å²) in [5, 5.41) is 0. The SMILES string of the molecule is C=O.[KH].[NaH]. The maximum absolute atomic E-state index is 8.00. The van der Waals surface area contributed by atoms with Gasteiger partial charge in [-0.3, -0.25) is 0 Å². The molecule has 1 nitrogen and oxygen atoms in total. The van der Waals surface area contributed by atoms with E-state index < -0.39 is 0 Å². The molecule has 0 rings (SSSR count). The van der Waals surface area contributed by atoms with Crippen LogP contribution in [0, 0.1) is 0 Å². The van der Waals surface area contributed by atoms with Crippen LogP contribution in [0.15, 0.2) is 0 Å². The third-order valence-corrected chi connectivity index (χ3v) is 0. The van der Waals surface area contributed by atoms with Crippen molar-refractivity contribution in [1.82, 2.24) is 0 Å². The van der Waals surface area contributed by atoms with E-state index in [1.165, 1.54) is 0 Å². The summed E-state index contributed by atoms with van der Waals surface area (Å²) in [5.41, 5.74) is 0. The van der Waals surface area contributed by atoms with E-state index in [9.17, 15) is 0 Å². The van der Waals surface area contributed by atoms with Gasteiger partial charge in [0.1, 0.15) is 6.79 Å². The van der Waals surface area contributed by atoms with Gasteiger partial charge in [0.15, 0.2) is 0 Å². The first-order chi connectivity index (χ1) is 1.00. The Kier molecular flexibility index (Phi) is 75.1. The second kappa shape index (κ2) is 18.5. The molecule has 16 valence electrons. The van der Waals surface area contributed by atoms with Crippen molar-refractivity contribution in [2.75, 3.05) is 0 Å². The van der Waals surface area contributed by atoms with Crippen LogP contribution < -0.4 is 0 Å². The predicted octanol–water partition coefficient (Wildman–Crippen LogP) is -1.48. The molecule has 0 atom stereocenters. The summed E-state index contributed by atoms with van der Waals surface area (Å²) in [5.74, 6) is 0. The topological polar surface area (TPSA) is 17.1 Å². The Morgan fingerprint density at radius 1 is 1.25 bits per heavy atom. The molecule has 0 radical (unpaired) electrons. The van der Waals surface area contributed by atoms with E-state index in [2.05, 4.69) is 0 Å². The Morgan fingerprint density at radius 2 is 1.25 bits per heavy atom. The van der Waals surface area contributed by atoms with Gasteiger partial charge in [0, 0.05) is 0 Å². The molecular formula is CH4KNaO. The predicted molar refractivity (Wildman–Crippen MR) is 21.4 cm³/mol. The van der Waals surface area contributed by atoms with Crippen molar-refractivity contribution in [2.45, 2.75) is 0 Å². The van der Waals surface area contributed by atoms with E-state index in [1.54, 1.807) is 0 Å². The number of hydrogen-bond acceptors (Lipinski definition) is 1. The number of carbonyl (C=O) groups excluding carboxylic acids is 1. The van der Waals surface area contributed by atoms with Crippen molar-refractivity contribution in [3.63, 3.8) is 0 Å². The van der Waals surface area contributed by atoms with E-state index in [4.69, 9.17) is 4.79 Å². The average molecular weight is 94.1 g/mol. The third kappa shape index (κ3) is 8.85. The Labute approximate surface area is 90.2 Å². The molecule has 0 aliphatic rings. The van der Waals surface area contributed by atoms with Crippen LogP contribution >= 0.6 is 0 Å². The van der Waals surface area contributed by atoms with Crippen LogP contribution in [0.4, 0.5) is 0 Å². The first kappa shape index (κ1) is 16.2. The van der Waals surface area contributed by atoms with Gasteiger partial charge in [-0.15, -0.1) is 0 Å². The summed E-state index contributed by atoms with van der Waals surface area (Å²) in [4.78, 5) is 8.00. The van der Waals surface area contributed by atoms with Gasteiger partial charge >= 0.3 is 80.9 Å². The van der Waals surface area contributed by atoms with E-state index in [0.717, 1.165) is 0 Å². The van der Waals surface area contributed by atoms with Crippen LogP contribution in [-0.4, -0.2) is 87.7 Å². The minimum atomic E-state index is 0. The van der Waals surface area contributed by atoms with Crippen LogP contribution in [0.3, 0.4) is 0 Å². The second-order valence-corrected chi connectivity index (χ2v) is 0. The Morgan fingerprint density at radius 3 is 1.25 bits per heavy atom. The van der Waals surface area contributed by atoms with E-state index in [0.29, 0.717) is 0 Å². The van der Waals surface area contributed by atoms with Crippen molar-refractivity contribution in [2.24, 2.45) is 0 Å². The van der Waals surface area contributed by atoms with Crippen LogP contribution in [0.2, 0.25) is 0 Å². The molecule has 0 N–H and O–H groups in total. The number of hydrogen-bond donors (Lipinski definition) is 0. The molecule has 0 fully saturated rings. The fourth-order valence-electron chi connectivity index (χ4n) is 0. The molecule has 3 heteroatoms. The molecule has 0 heterocycles. The van der Waals surface area contributed by atoms with Crippen LogP contribution in [0.25, 0.3) is 0 Å². The molecular weight excluding hydrogens is 90.1 g/mol. The third-order valence-electron chi connectivity index (χ3n) is 0. The van der Waals surface area contributed by atoms with Crippen molar-refractivity contribution < 1.29 is 4.79 Å². The summed E-state index contributed by atoms with van der Waals surface area (Å²) >= 11 is 0. The zero-order chi connectivity index (χ0) is 2.00. The monoisotopic (exact) mass is 94.0 g/mol. The minimum absolute atomic E-state index is 0. The molecule has 0 aromatic carbocycles. The van der Waals surface area contributed by atoms with E-state index in [-0.39, 0.29) is 80.9 Å². The van der Waals surface area contributed by atoms with Crippen molar-refractivity contribution in [1.29, 1.82) is 0 Å². The molecule has 0 amide bonds. The van der Waals surface area contributed by atoms with Crippen LogP contribution in [0.1, 0.15) is 0 Å². The molecule has 0 saturated carbocycles. The zero-order valence-corrected chi connectivity index (χ0v) is 1.12. The number of carbonyl (C=O) groups is 1. The summed E-state index contributed by atoms with van der Waals surface area (Å²) in [6.07, 6.45) is 0. The van der Waals surface area contributed by atoms with Gasteiger partial charge < -0.3 is 4.79 Å². The molecule has 0 spiro atoms. The van der Waals surface area contributed by atoms with E-state index in [1.807, 2.05) is 6.79 Å². The van der Waals surface area contributed by atoms with E-state index >= 15 is 0 Å². The molecule has 0 saturated heterocycles. The molecule has 0 aromatic heterocycles. The van der Waals surface area contributed by atoms with Gasteiger partial charge in [-0.2, -0.15) is 0 Å². The maximum atomic E-state index is 8.00. The van der Waals surface area contributed by atoms with Gasteiger partial charge in [0.05, 0.1) is 0 Å². The summed E-state index contributed by atoms with van der Waals surface area (Å²) in [6, 6.07) is 0. The molecule has 0 bridgehead atoms. The Bertz CT molecular complexity index is 8.00. The van der Waals surface area contributed by atoms with Gasteiger partial charge in [0.2, 0.25) is 0 Å². The fourth-order valence-corrected chi connectivity index (χ4v) is 0. The molecule has 0 aromatic rings. The summed E-state index contributed by atoms with van der Waals surface area (Å²) in [6.45, 7) is 2.00.